The lowest BCUT2D eigenvalue weighted by atomic mass is 10.2. The zero-order valence-corrected chi connectivity index (χ0v) is 12.8. The molecule has 5 heteroatoms. The van der Waals surface area contributed by atoms with Gasteiger partial charge in [-0.1, -0.05) is 15.9 Å². The van der Waals surface area contributed by atoms with Gasteiger partial charge in [0.1, 0.15) is 0 Å². The number of carbonyl (C=O) groups is 1. The van der Waals surface area contributed by atoms with E-state index in [2.05, 4.69) is 33.0 Å². The summed E-state index contributed by atoms with van der Waals surface area (Å²) < 4.78 is 1.05. The van der Waals surface area contributed by atoms with Crippen LogP contribution in [0.2, 0.25) is 0 Å². The summed E-state index contributed by atoms with van der Waals surface area (Å²) in [5.41, 5.74) is 8.02. The third-order valence-corrected chi connectivity index (χ3v) is 3.94. The van der Waals surface area contributed by atoms with E-state index >= 15 is 0 Å². The molecule has 0 bridgehead atoms. The smallest absolute Gasteiger partial charge is 0.219 e. The molecule has 2 N–H and O–H groups in total. The topological polar surface area (TPSA) is 49.6 Å². The Kier molecular flexibility index (Phi) is 4.82. The van der Waals surface area contributed by atoms with E-state index in [0.717, 1.165) is 42.6 Å². The zero-order chi connectivity index (χ0) is 13.8. The van der Waals surface area contributed by atoms with Gasteiger partial charge in [-0.2, -0.15) is 0 Å². The van der Waals surface area contributed by atoms with E-state index in [4.69, 9.17) is 5.73 Å². The first-order chi connectivity index (χ1) is 9.10. The molecule has 1 amide bonds. The molecule has 1 heterocycles. The van der Waals surface area contributed by atoms with Gasteiger partial charge in [-0.05, 0) is 30.2 Å². The quantitative estimate of drug-likeness (QED) is 0.904. The summed E-state index contributed by atoms with van der Waals surface area (Å²) in [4.78, 5) is 15.7. The fraction of sp³-hybridized carbons (Fsp3) is 0.500. The van der Waals surface area contributed by atoms with Gasteiger partial charge in [-0.25, -0.2) is 0 Å². The van der Waals surface area contributed by atoms with Crippen LogP contribution in [0.5, 0.6) is 0 Å². The second kappa shape index (κ2) is 6.39. The number of nitrogens with two attached hydrogens (primary N) is 1. The molecule has 1 fully saturated rings. The maximum absolute atomic E-state index is 11.4. The number of hydrogen-bond donors (Lipinski definition) is 1. The molecular formula is C14H20BrN3O. The molecule has 0 unspecified atom stereocenters. The third kappa shape index (κ3) is 3.70. The molecule has 19 heavy (non-hydrogen) atoms. The van der Waals surface area contributed by atoms with Crippen LogP contribution in [0.3, 0.4) is 0 Å². The Balaban J connectivity index is 2.13. The monoisotopic (exact) mass is 325 g/mol. The average Bonchev–Trinajstić information content (AvgIpc) is 2.63. The molecule has 0 radical (unpaired) electrons. The van der Waals surface area contributed by atoms with E-state index in [9.17, 15) is 4.79 Å². The molecule has 1 aliphatic heterocycles. The Hall–Kier alpha value is -1.07. The van der Waals surface area contributed by atoms with Crippen LogP contribution in [-0.2, 0) is 11.3 Å². The summed E-state index contributed by atoms with van der Waals surface area (Å²) in [6, 6.07) is 6.29. The summed E-state index contributed by atoms with van der Waals surface area (Å²) in [6.07, 6.45) is 1.00. The minimum Gasteiger partial charge on any atom is -0.370 e. The second-order valence-corrected chi connectivity index (χ2v) is 5.78. The first kappa shape index (κ1) is 14.3. The molecule has 1 aromatic carbocycles. The van der Waals surface area contributed by atoms with Crippen LogP contribution in [0.25, 0.3) is 0 Å². The minimum absolute atomic E-state index is 0.165. The van der Waals surface area contributed by atoms with Crippen LogP contribution in [0, 0.1) is 0 Å². The molecule has 1 aromatic rings. The maximum atomic E-state index is 11.4. The number of hydrogen-bond acceptors (Lipinski definition) is 3. The summed E-state index contributed by atoms with van der Waals surface area (Å²) >= 11 is 3.53. The molecule has 0 aromatic heterocycles. The van der Waals surface area contributed by atoms with Crippen LogP contribution in [0.4, 0.5) is 5.69 Å². The van der Waals surface area contributed by atoms with Gasteiger partial charge in [-0.3, -0.25) is 4.79 Å². The third-order valence-electron chi connectivity index (χ3n) is 3.48. The molecule has 1 aliphatic rings. The maximum Gasteiger partial charge on any atom is 0.219 e. The van der Waals surface area contributed by atoms with Crippen molar-refractivity contribution < 1.29 is 4.79 Å². The number of carbonyl (C=O) groups excluding carboxylic acids is 1. The Labute approximate surface area is 122 Å². The second-order valence-electron chi connectivity index (χ2n) is 4.87. The highest BCUT2D eigenvalue weighted by Gasteiger charge is 2.17. The van der Waals surface area contributed by atoms with Crippen LogP contribution >= 0.6 is 15.9 Å². The number of nitrogens with zero attached hydrogens (tertiary/aromatic N) is 2. The van der Waals surface area contributed by atoms with E-state index in [1.165, 1.54) is 5.69 Å². The van der Waals surface area contributed by atoms with Crippen LogP contribution in [-0.4, -0.2) is 37.0 Å². The predicted octanol–water partition coefficient (Wildman–Crippen LogP) is 1.97. The van der Waals surface area contributed by atoms with Gasteiger partial charge in [0, 0.05) is 49.8 Å². The van der Waals surface area contributed by atoms with Gasteiger partial charge in [0.2, 0.25) is 5.91 Å². The molecule has 4 nitrogen and oxygen atoms in total. The lowest BCUT2D eigenvalue weighted by Gasteiger charge is -2.24. The Morgan fingerprint density at radius 1 is 1.26 bits per heavy atom. The highest BCUT2D eigenvalue weighted by molar-refractivity contribution is 9.10. The first-order valence-electron chi connectivity index (χ1n) is 6.60. The molecule has 2 rings (SSSR count). The summed E-state index contributed by atoms with van der Waals surface area (Å²) in [5.74, 6) is 0.165. The van der Waals surface area contributed by atoms with Crippen LogP contribution in [0.1, 0.15) is 18.9 Å². The number of amides is 1. The molecule has 1 saturated heterocycles. The van der Waals surface area contributed by atoms with Crippen molar-refractivity contribution in [2.75, 3.05) is 31.1 Å². The standard InChI is InChI=1S/C14H20BrN3O/c1-11(19)17-3-2-4-18(6-5-17)14-8-12(10-16)7-13(15)9-14/h7-9H,2-6,10,16H2,1H3. The van der Waals surface area contributed by atoms with Crippen molar-refractivity contribution >= 4 is 27.5 Å². The van der Waals surface area contributed by atoms with Crippen LogP contribution < -0.4 is 10.6 Å². The fourth-order valence-corrected chi connectivity index (χ4v) is 2.95. The van der Waals surface area contributed by atoms with Gasteiger partial charge in [0.05, 0.1) is 0 Å². The van der Waals surface area contributed by atoms with Crippen molar-refractivity contribution in [2.45, 2.75) is 19.9 Å². The van der Waals surface area contributed by atoms with Gasteiger partial charge in [0.15, 0.2) is 0 Å². The van der Waals surface area contributed by atoms with Crippen molar-refractivity contribution in [2.24, 2.45) is 5.73 Å². The number of benzene rings is 1. The van der Waals surface area contributed by atoms with Gasteiger partial charge < -0.3 is 15.5 Å². The van der Waals surface area contributed by atoms with E-state index in [1.807, 2.05) is 11.0 Å². The largest absolute Gasteiger partial charge is 0.370 e. The summed E-state index contributed by atoms with van der Waals surface area (Å²) in [7, 11) is 0. The highest BCUT2D eigenvalue weighted by atomic mass is 79.9. The SMILES string of the molecule is CC(=O)N1CCCN(c2cc(Br)cc(CN)c2)CC1. The van der Waals surface area contributed by atoms with Crippen molar-refractivity contribution in [3.05, 3.63) is 28.2 Å². The molecule has 0 aliphatic carbocycles. The zero-order valence-electron chi connectivity index (χ0n) is 11.2. The predicted molar refractivity (Wildman–Crippen MR) is 81.1 cm³/mol. The van der Waals surface area contributed by atoms with Crippen molar-refractivity contribution in [1.82, 2.24) is 4.90 Å². The van der Waals surface area contributed by atoms with Crippen molar-refractivity contribution in [1.29, 1.82) is 0 Å². The normalized spacial score (nSPS) is 16.4. The molecule has 0 atom stereocenters. The van der Waals surface area contributed by atoms with Crippen LogP contribution in [0.15, 0.2) is 22.7 Å². The fourth-order valence-electron chi connectivity index (χ4n) is 2.42. The highest BCUT2D eigenvalue weighted by Crippen LogP contribution is 2.24. The Morgan fingerprint density at radius 3 is 2.74 bits per heavy atom. The van der Waals surface area contributed by atoms with Gasteiger partial charge in [0.25, 0.3) is 0 Å². The summed E-state index contributed by atoms with van der Waals surface area (Å²) in [5, 5.41) is 0. The Bertz CT molecular complexity index is 464. The van der Waals surface area contributed by atoms with E-state index in [1.54, 1.807) is 6.92 Å². The van der Waals surface area contributed by atoms with Crippen molar-refractivity contribution in [3.8, 4) is 0 Å². The molecule has 0 spiro atoms. The van der Waals surface area contributed by atoms with E-state index in [-0.39, 0.29) is 5.91 Å². The number of rotatable bonds is 2. The lowest BCUT2D eigenvalue weighted by molar-refractivity contribution is -0.128. The Morgan fingerprint density at radius 2 is 2.05 bits per heavy atom. The lowest BCUT2D eigenvalue weighted by Crippen LogP contribution is -2.33. The van der Waals surface area contributed by atoms with E-state index in [0.29, 0.717) is 6.54 Å². The number of anilines is 1. The van der Waals surface area contributed by atoms with E-state index < -0.39 is 0 Å². The average molecular weight is 326 g/mol. The molecule has 104 valence electrons. The van der Waals surface area contributed by atoms with Gasteiger partial charge in [-0.15, -0.1) is 0 Å². The molecule has 0 saturated carbocycles. The summed E-state index contributed by atoms with van der Waals surface area (Å²) in [6.45, 7) is 5.68. The van der Waals surface area contributed by atoms with Crippen molar-refractivity contribution in [3.63, 3.8) is 0 Å². The molecular weight excluding hydrogens is 306 g/mol. The minimum atomic E-state index is 0.165. The van der Waals surface area contributed by atoms with Gasteiger partial charge >= 0.3 is 0 Å². The number of halogens is 1. The first-order valence-corrected chi connectivity index (χ1v) is 7.39.